The molecular weight excluding hydrogens is 404 g/mol. The van der Waals surface area contributed by atoms with E-state index in [1.54, 1.807) is 17.0 Å². The summed E-state index contributed by atoms with van der Waals surface area (Å²) < 4.78 is 0. The number of Topliss-reactive ketones (excluding diaryl/α,β-unsaturated/α-hetero) is 1. The molecular formula is C26H32N2O4. The summed E-state index contributed by atoms with van der Waals surface area (Å²) in [7, 11) is 0. The third kappa shape index (κ3) is 4.70. The van der Waals surface area contributed by atoms with Gasteiger partial charge in [0.05, 0.1) is 11.6 Å². The van der Waals surface area contributed by atoms with Crippen molar-refractivity contribution in [2.45, 2.75) is 40.2 Å². The Morgan fingerprint density at radius 1 is 1.03 bits per heavy atom. The second kappa shape index (κ2) is 10.0. The molecule has 1 fully saturated rings. The van der Waals surface area contributed by atoms with Gasteiger partial charge in [-0.2, -0.15) is 0 Å². The molecule has 1 saturated heterocycles. The maximum atomic E-state index is 13.1. The van der Waals surface area contributed by atoms with Crippen LogP contribution in [0.1, 0.15) is 48.6 Å². The molecule has 6 nitrogen and oxygen atoms in total. The molecule has 2 aromatic rings. The van der Waals surface area contributed by atoms with E-state index in [1.807, 2.05) is 32.0 Å². The first-order chi connectivity index (χ1) is 15.3. The number of carbonyl (C=O) groups is 2. The Morgan fingerprint density at radius 3 is 2.31 bits per heavy atom. The highest BCUT2D eigenvalue weighted by Gasteiger charge is 2.45. The molecule has 0 radical (unpaired) electrons. The van der Waals surface area contributed by atoms with E-state index in [0.717, 1.165) is 30.8 Å². The van der Waals surface area contributed by atoms with Gasteiger partial charge in [0.25, 0.3) is 11.7 Å². The molecule has 0 aliphatic carbocycles. The van der Waals surface area contributed by atoms with Crippen LogP contribution in [0.3, 0.4) is 0 Å². The van der Waals surface area contributed by atoms with Crippen LogP contribution in [0.15, 0.2) is 48.0 Å². The average molecular weight is 437 g/mol. The molecule has 2 N–H and O–H groups in total. The topological polar surface area (TPSA) is 81.1 Å². The number of aromatic hydroxyl groups is 1. The fourth-order valence-corrected chi connectivity index (χ4v) is 4.25. The minimum Gasteiger partial charge on any atom is -0.508 e. The zero-order valence-corrected chi connectivity index (χ0v) is 19.3. The lowest BCUT2D eigenvalue weighted by atomic mass is 9.93. The molecule has 0 spiro atoms. The minimum absolute atomic E-state index is 0.0947. The highest BCUT2D eigenvalue weighted by molar-refractivity contribution is 6.46. The van der Waals surface area contributed by atoms with Crippen LogP contribution >= 0.6 is 0 Å². The normalized spacial score (nSPS) is 18.0. The molecule has 1 aliphatic rings. The second-order valence-corrected chi connectivity index (χ2v) is 8.28. The minimum atomic E-state index is -0.702. The van der Waals surface area contributed by atoms with E-state index in [9.17, 15) is 19.8 Å². The summed E-state index contributed by atoms with van der Waals surface area (Å²) in [4.78, 5) is 30.0. The highest BCUT2D eigenvalue weighted by atomic mass is 16.3. The Kier molecular flexibility index (Phi) is 7.36. The van der Waals surface area contributed by atoms with Crippen molar-refractivity contribution in [3.8, 4) is 5.75 Å². The van der Waals surface area contributed by atoms with Crippen molar-refractivity contribution in [1.82, 2.24) is 9.80 Å². The molecule has 2 aromatic carbocycles. The summed E-state index contributed by atoms with van der Waals surface area (Å²) in [6, 6.07) is 11.4. The number of hydrogen-bond acceptors (Lipinski definition) is 5. The van der Waals surface area contributed by atoms with Gasteiger partial charge in [-0.3, -0.25) is 9.59 Å². The second-order valence-electron chi connectivity index (χ2n) is 8.28. The van der Waals surface area contributed by atoms with Gasteiger partial charge < -0.3 is 20.0 Å². The Bertz CT molecular complexity index is 1020. The monoisotopic (exact) mass is 436 g/mol. The molecule has 0 aromatic heterocycles. The predicted octanol–water partition coefficient (Wildman–Crippen LogP) is 4.16. The lowest BCUT2D eigenvalue weighted by molar-refractivity contribution is -0.140. The van der Waals surface area contributed by atoms with Gasteiger partial charge in [0.2, 0.25) is 0 Å². The summed E-state index contributed by atoms with van der Waals surface area (Å²) in [6.45, 7) is 11.0. The van der Waals surface area contributed by atoms with Crippen molar-refractivity contribution in [1.29, 1.82) is 0 Å². The first kappa shape index (κ1) is 23.5. The number of nitrogens with zero attached hydrogens (tertiary/aromatic N) is 2. The number of likely N-dealkylation sites (tertiary alicyclic amines) is 1. The number of hydrogen-bond donors (Lipinski definition) is 2. The van der Waals surface area contributed by atoms with Crippen LogP contribution in [0.2, 0.25) is 0 Å². The zero-order chi connectivity index (χ0) is 23.4. The Balaban J connectivity index is 2.06. The lowest BCUT2D eigenvalue weighted by Gasteiger charge is -2.27. The summed E-state index contributed by atoms with van der Waals surface area (Å²) >= 11 is 0. The summed E-state index contributed by atoms with van der Waals surface area (Å²) in [5, 5.41) is 21.0. The van der Waals surface area contributed by atoms with Crippen LogP contribution in [0.5, 0.6) is 5.75 Å². The summed E-state index contributed by atoms with van der Waals surface area (Å²) in [5.74, 6) is -1.34. The van der Waals surface area contributed by atoms with Crippen molar-refractivity contribution >= 4 is 17.4 Å². The predicted molar refractivity (Wildman–Crippen MR) is 125 cm³/mol. The van der Waals surface area contributed by atoms with E-state index in [0.29, 0.717) is 24.1 Å². The molecule has 1 amide bonds. The quantitative estimate of drug-likeness (QED) is 0.369. The Morgan fingerprint density at radius 2 is 1.69 bits per heavy atom. The van der Waals surface area contributed by atoms with E-state index in [2.05, 4.69) is 18.7 Å². The van der Waals surface area contributed by atoms with Gasteiger partial charge in [0.1, 0.15) is 11.5 Å². The molecule has 0 bridgehead atoms. The smallest absolute Gasteiger partial charge is 0.295 e. The van der Waals surface area contributed by atoms with Crippen LogP contribution in [-0.2, 0) is 9.59 Å². The first-order valence-electron chi connectivity index (χ1n) is 11.2. The molecule has 0 saturated carbocycles. The number of carbonyl (C=O) groups excluding carboxylic acids is 2. The van der Waals surface area contributed by atoms with Crippen molar-refractivity contribution in [2.75, 3.05) is 26.2 Å². The molecule has 1 heterocycles. The number of phenols is 1. The first-order valence-corrected chi connectivity index (χ1v) is 11.2. The maximum absolute atomic E-state index is 13.1. The third-order valence-corrected chi connectivity index (χ3v) is 6.16. The van der Waals surface area contributed by atoms with Crippen molar-refractivity contribution in [3.05, 3.63) is 70.3 Å². The molecule has 6 heteroatoms. The van der Waals surface area contributed by atoms with Crippen molar-refractivity contribution < 1.29 is 19.8 Å². The maximum Gasteiger partial charge on any atom is 0.295 e. The van der Waals surface area contributed by atoms with Crippen LogP contribution in [-0.4, -0.2) is 57.9 Å². The number of phenolic OH excluding ortho intramolecular Hbond substituents is 1. The van der Waals surface area contributed by atoms with Crippen LogP contribution in [0.4, 0.5) is 0 Å². The van der Waals surface area contributed by atoms with Gasteiger partial charge in [0, 0.05) is 12.1 Å². The lowest BCUT2D eigenvalue weighted by Crippen LogP contribution is -2.33. The van der Waals surface area contributed by atoms with Gasteiger partial charge >= 0.3 is 0 Å². The summed E-state index contributed by atoms with van der Waals surface area (Å²) in [6.07, 6.45) is 0.715. The molecule has 1 atom stereocenters. The largest absolute Gasteiger partial charge is 0.508 e. The number of amides is 1. The Labute approximate surface area is 189 Å². The molecule has 3 rings (SSSR count). The van der Waals surface area contributed by atoms with Gasteiger partial charge in [-0.25, -0.2) is 0 Å². The molecule has 1 unspecified atom stereocenters. The fraction of sp³-hybridized carbons (Fsp3) is 0.385. The van der Waals surface area contributed by atoms with E-state index in [-0.39, 0.29) is 17.1 Å². The number of rotatable bonds is 8. The number of benzene rings is 2. The zero-order valence-electron chi connectivity index (χ0n) is 19.3. The van der Waals surface area contributed by atoms with Crippen molar-refractivity contribution in [2.24, 2.45) is 0 Å². The van der Waals surface area contributed by atoms with Gasteiger partial charge in [-0.1, -0.05) is 43.7 Å². The number of aliphatic hydroxyl groups is 1. The summed E-state index contributed by atoms with van der Waals surface area (Å²) in [5.41, 5.74) is 3.10. The van der Waals surface area contributed by atoms with Crippen LogP contribution in [0.25, 0.3) is 5.76 Å². The molecule has 32 heavy (non-hydrogen) atoms. The van der Waals surface area contributed by atoms with Crippen LogP contribution < -0.4 is 0 Å². The Hall–Kier alpha value is -3.12. The molecule has 1 aliphatic heterocycles. The van der Waals surface area contributed by atoms with E-state index in [1.165, 1.54) is 12.1 Å². The SMILES string of the molecule is CCN(CC)CCCN1C(=O)C(=O)C(=C(O)c2cc(C)ccc2C)C1c1ccc(O)cc1. The highest BCUT2D eigenvalue weighted by Crippen LogP contribution is 2.40. The number of aliphatic hydroxyl groups excluding tert-OH is 1. The van der Waals surface area contributed by atoms with Gasteiger partial charge in [-0.05, 0) is 69.2 Å². The average Bonchev–Trinajstić information content (AvgIpc) is 3.03. The van der Waals surface area contributed by atoms with E-state index < -0.39 is 17.7 Å². The van der Waals surface area contributed by atoms with Gasteiger partial charge in [0.15, 0.2) is 0 Å². The number of aryl methyl sites for hydroxylation is 2. The van der Waals surface area contributed by atoms with Gasteiger partial charge in [-0.15, -0.1) is 0 Å². The third-order valence-electron chi connectivity index (χ3n) is 6.16. The van der Waals surface area contributed by atoms with E-state index >= 15 is 0 Å². The standard InChI is InChI=1S/C26H32N2O4/c1-5-27(6-2)14-7-15-28-23(19-10-12-20(29)13-11-19)22(25(31)26(28)32)24(30)21-16-17(3)8-9-18(21)4/h8-13,16,23,29-30H,5-7,14-15H2,1-4H3. The van der Waals surface area contributed by atoms with Crippen molar-refractivity contribution in [3.63, 3.8) is 0 Å². The molecule has 170 valence electrons. The fourth-order valence-electron chi connectivity index (χ4n) is 4.25. The van der Waals surface area contributed by atoms with E-state index in [4.69, 9.17) is 0 Å². The van der Waals surface area contributed by atoms with Crippen LogP contribution in [0, 0.1) is 13.8 Å². The number of ketones is 1.